The number of anilines is 1. The van der Waals surface area contributed by atoms with E-state index in [1.54, 1.807) is 18.2 Å². The number of benzene rings is 2. The molecule has 0 atom stereocenters. The normalized spacial score (nSPS) is 10.8. The molecule has 33 heavy (non-hydrogen) atoms. The van der Waals surface area contributed by atoms with E-state index in [0.717, 1.165) is 11.4 Å². The number of ether oxygens (including phenoxy) is 2. The van der Waals surface area contributed by atoms with E-state index in [1.807, 2.05) is 33.8 Å². The van der Waals surface area contributed by atoms with Gasteiger partial charge in [-0.2, -0.15) is 5.10 Å². The second-order valence-corrected chi connectivity index (χ2v) is 7.84. The lowest BCUT2D eigenvalue weighted by Gasteiger charge is -2.13. The van der Waals surface area contributed by atoms with E-state index in [0.29, 0.717) is 22.9 Å². The number of halogens is 1. The van der Waals surface area contributed by atoms with Gasteiger partial charge in [-0.15, -0.1) is 0 Å². The summed E-state index contributed by atoms with van der Waals surface area (Å²) in [7, 11) is 1.44. The van der Waals surface area contributed by atoms with E-state index in [1.165, 1.54) is 30.0 Å². The van der Waals surface area contributed by atoms with E-state index in [-0.39, 0.29) is 24.1 Å². The van der Waals surface area contributed by atoms with Crippen LogP contribution in [0.15, 0.2) is 42.5 Å². The topological polar surface area (TPSA) is 94.5 Å². The molecule has 3 rings (SSSR count). The van der Waals surface area contributed by atoms with Crippen LogP contribution in [0.2, 0.25) is 0 Å². The minimum absolute atomic E-state index is 0.000606. The summed E-state index contributed by atoms with van der Waals surface area (Å²) in [6.45, 7) is 7.20. The maximum Gasteiger partial charge on any atom is 0.258 e. The first-order valence-corrected chi connectivity index (χ1v) is 10.4. The van der Waals surface area contributed by atoms with Crippen LogP contribution >= 0.6 is 0 Å². The Kier molecular flexibility index (Phi) is 7.32. The van der Waals surface area contributed by atoms with Gasteiger partial charge in [-0.3, -0.25) is 9.59 Å². The summed E-state index contributed by atoms with van der Waals surface area (Å²) in [4.78, 5) is 24.5. The van der Waals surface area contributed by atoms with E-state index in [2.05, 4.69) is 15.7 Å². The largest absolute Gasteiger partial charge is 0.493 e. The van der Waals surface area contributed by atoms with Crippen LogP contribution in [-0.4, -0.2) is 41.4 Å². The molecule has 2 amide bonds. The second-order valence-electron chi connectivity index (χ2n) is 7.84. The third-order valence-electron chi connectivity index (χ3n) is 4.68. The number of hydrogen-bond donors (Lipinski definition) is 2. The molecule has 0 fully saturated rings. The Bertz CT molecular complexity index is 1170. The molecular formula is C24H27FN4O4. The number of methoxy groups -OCH3 is 1. The number of rotatable bonds is 8. The maximum atomic E-state index is 14.7. The Morgan fingerprint density at radius 2 is 1.85 bits per heavy atom. The van der Waals surface area contributed by atoms with Crippen LogP contribution in [0, 0.1) is 19.7 Å². The maximum absolute atomic E-state index is 14.7. The molecule has 2 N–H and O–H groups in total. The molecule has 2 aromatic carbocycles. The standard InChI is InChI=1S/C24H27FN4O4/c1-14(2)26-23(30)13-33-21-9-6-17(11-22(21)32-5)24(31)27-18-7-8-20(19(25)12-18)29-16(4)10-15(3)28-29/h6-12,14H,13H2,1-5H3,(H,26,30)(H,27,31). The summed E-state index contributed by atoms with van der Waals surface area (Å²) >= 11 is 0. The van der Waals surface area contributed by atoms with Crippen molar-refractivity contribution in [3.05, 3.63) is 65.2 Å². The lowest BCUT2D eigenvalue weighted by atomic mass is 10.1. The van der Waals surface area contributed by atoms with E-state index < -0.39 is 11.7 Å². The number of aryl methyl sites for hydroxylation is 2. The SMILES string of the molecule is COc1cc(C(=O)Nc2ccc(-n3nc(C)cc3C)c(F)c2)ccc1OCC(=O)NC(C)C. The number of carbonyl (C=O) groups excluding carboxylic acids is 2. The van der Waals surface area contributed by atoms with Crippen molar-refractivity contribution in [2.75, 3.05) is 19.0 Å². The van der Waals surface area contributed by atoms with Crippen molar-refractivity contribution in [1.82, 2.24) is 15.1 Å². The molecule has 0 aliphatic heterocycles. The summed E-state index contributed by atoms with van der Waals surface area (Å²) < 4.78 is 27.0. The van der Waals surface area contributed by atoms with Gasteiger partial charge in [0.1, 0.15) is 5.69 Å². The van der Waals surface area contributed by atoms with Crippen molar-refractivity contribution in [1.29, 1.82) is 0 Å². The Hall–Kier alpha value is -3.88. The van der Waals surface area contributed by atoms with Crippen LogP contribution in [0.3, 0.4) is 0 Å². The van der Waals surface area contributed by atoms with Crippen LogP contribution < -0.4 is 20.1 Å². The predicted octanol–water partition coefficient (Wildman–Crippen LogP) is 3.79. The minimum atomic E-state index is -0.514. The summed E-state index contributed by atoms with van der Waals surface area (Å²) in [5.74, 6) is -0.602. The number of amides is 2. The summed E-state index contributed by atoms with van der Waals surface area (Å²) in [6.07, 6.45) is 0. The van der Waals surface area contributed by atoms with Gasteiger partial charge in [0, 0.05) is 23.0 Å². The zero-order valence-corrected chi connectivity index (χ0v) is 19.2. The van der Waals surface area contributed by atoms with Gasteiger partial charge in [-0.1, -0.05) is 0 Å². The summed E-state index contributed by atoms with van der Waals surface area (Å²) in [5, 5.41) is 9.68. The van der Waals surface area contributed by atoms with Crippen LogP contribution in [0.4, 0.5) is 10.1 Å². The average molecular weight is 455 g/mol. The highest BCUT2D eigenvalue weighted by molar-refractivity contribution is 6.04. The average Bonchev–Trinajstić information content (AvgIpc) is 3.09. The lowest BCUT2D eigenvalue weighted by Crippen LogP contribution is -2.34. The molecule has 0 bridgehead atoms. The van der Waals surface area contributed by atoms with Gasteiger partial charge in [-0.25, -0.2) is 9.07 Å². The molecular weight excluding hydrogens is 427 g/mol. The molecule has 1 aromatic heterocycles. The van der Waals surface area contributed by atoms with Gasteiger partial charge in [0.05, 0.1) is 12.8 Å². The quantitative estimate of drug-likeness (QED) is 0.540. The fraction of sp³-hybridized carbons (Fsp3) is 0.292. The Labute approximate surface area is 191 Å². The predicted molar refractivity (Wildman–Crippen MR) is 123 cm³/mol. The van der Waals surface area contributed by atoms with Gasteiger partial charge in [0.25, 0.3) is 11.8 Å². The first kappa shape index (κ1) is 23.8. The van der Waals surface area contributed by atoms with Crippen molar-refractivity contribution < 1.29 is 23.5 Å². The Balaban J connectivity index is 1.71. The van der Waals surface area contributed by atoms with Gasteiger partial charge in [-0.05, 0) is 70.2 Å². The first-order chi connectivity index (χ1) is 15.7. The zero-order valence-electron chi connectivity index (χ0n) is 19.2. The smallest absolute Gasteiger partial charge is 0.258 e. The number of hydrogen-bond acceptors (Lipinski definition) is 5. The van der Waals surface area contributed by atoms with Crippen molar-refractivity contribution >= 4 is 17.5 Å². The van der Waals surface area contributed by atoms with Crippen molar-refractivity contribution in [3.63, 3.8) is 0 Å². The highest BCUT2D eigenvalue weighted by atomic mass is 19.1. The van der Waals surface area contributed by atoms with Gasteiger partial charge in [0.15, 0.2) is 23.9 Å². The summed E-state index contributed by atoms with van der Waals surface area (Å²) in [6, 6.07) is 10.8. The Morgan fingerprint density at radius 3 is 2.45 bits per heavy atom. The van der Waals surface area contributed by atoms with Crippen LogP contribution in [0.25, 0.3) is 5.69 Å². The number of aromatic nitrogens is 2. The van der Waals surface area contributed by atoms with Crippen LogP contribution in [-0.2, 0) is 4.79 Å². The van der Waals surface area contributed by atoms with Crippen molar-refractivity contribution in [3.8, 4) is 17.2 Å². The highest BCUT2D eigenvalue weighted by Gasteiger charge is 2.15. The third kappa shape index (κ3) is 5.88. The second kappa shape index (κ2) is 10.2. The molecule has 0 aliphatic rings. The molecule has 1 heterocycles. The van der Waals surface area contributed by atoms with Gasteiger partial charge < -0.3 is 20.1 Å². The molecule has 3 aromatic rings. The fourth-order valence-electron chi connectivity index (χ4n) is 3.27. The van der Waals surface area contributed by atoms with Crippen LogP contribution in [0.1, 0.15) is 35.6 Å². The van der Waals surface area contributed by atoms with E-state index >= 15 is 0 Å². The number of nitrogens with one attached hydrogen (secondary N) is 2. The third-order valence-corrected chi connectivity index (χ3v) is 4.68. The van der Waals surface area contributed by atoms with Crippen LogP contribution in [0.5, 0.6) is 11.5 Å². The highest BCUT2D eigenvalue weighted by Crippen LogP contribution is 2.28. The monoisotopic (exact) mass is 454 g/mol. The van der Waals surface area contributed by atoms with Crippen molar-refractivity contribution in [2.24, 2.45) is 0 Å². The molecule has 0 spiro atoms. The zero-order chi connectivity index (χ0) is 24.1. The molecule has 174 valence electrons. The number of carbonyl (C=O) groups is 2. The van der Waals surface area contributed by atoms with Gasteiger partial charge >= 0.3 is 0 Å². The van der Waals surface area contributed by atoms with E-state index in [9.17, 15) is 14.0 Å². The molecule has 0 aliphatic carbocycles. The lowest BCUT2D eigenvalue weighted by molar-refractivity contribution is -0.123. The molecule has 0 unspecified atom stereocenters. The fourth-order valence-corrected chi connectivity index (χ4v) is 3.27. The van der Waals surface area contributed by atoms with Gasteiger partial charge in [0.2, 0.25) is 0 Å². The molecule has 0 radical (unpaired) electrons. The van der Waals surface area contributed by atoms with Crippen molar-refractivity contribution in [2.45, 2.75) is 33.7 Å². The minimum Gasteiger partial charge on any atom is -0.493 e. The molecule has 0 saturated heterocycles. The molecule has 8 nitrogen and oxygen atoms in total. The summed E-state index contributed by atoms with van der Waals surface area (Å²) in [5.41, 5.74) is 2.47. The first-order valence-electron chi connectivity index (χ1n) is 10.4. The molecule has 0 saturated carbocycles. The number of nitrogens with zero attached hydrogens (tertiary/aromatic N) is 2. The van der Waals surface area contributed by atoms with E-state index in [4.69, 9.17) is 9.47 Å². The Morgan fingerprint density at radius 1 is 1.09 bits per heavy atom. The molecule has 9 heteroatoms.